The van der Waals surface area contributed by atoms with Crippen LogP contribution < -0.4 is 5.32 Å². The summed E-state index contributed by atoms with van der Waals surface area (Å²) in [7, 11) is 1.72. The van der Waals surface area contributed by atoms with E-state index in [2.05, 4.69) is 12.2 Å². The number of hydrogen-bond donors (Lipinski definition) is 1. The molecule has 20 heavy (non-hydrogen) atoms. The topological polar surface area (TPSA) is 21.3 Å². The molecule has 4 heteroatoms. The average Bonchev–Trinajstić information content (AvgIpc) is 2.44. The zero-order chi connectivity index (χ0) is 15.0. The summed E-state index contributed by atoms with van der Waals surface area (Å²) in [6.45, 7) is 5.10. The predicted octanol–water partition coefficient (Wildman–Crippen LogP) is 4.20. The second-order valence-corrected chi connectivity index (χ2v) is 5.59. The van der Waals surface area contributed by atoms with Gasteiger partial charge >= 0.3 is 0 Å². The van der Waals surface area contributed by atoms with Crippen molar-refractivity contribution in [3.8, 4) is 0 Å². The molecule has 0 saturated heterocycles. The highest BCUT2D eigenvalue weighted by Crippen LogP contribution is 2.22. The molecule has 0 saturated carbocycles. The fraction of sp³-hybridized carbons (Fsp3) is 0.625. The molecule has 0 radical (unpaired) electrons. The molecule has 0 fully saturated rings. The van der Waals surface area contributed by atoms with Gasteiger partial charge in [-0.25, -0.2) is 4.39 Å². The highest BCUT2D eigenvalue weighted by atomic mass is 35.5. The Morgan fingerprint density at radius 1 is 1.35 bits per heavy atom. The van der Waals surface area contributed by atoms with Crippen molar-refractivity contribution < 1.29 is 9.13 Å². The van der Waals surface area contributed by atoms with Gasteiger partial charge in [-0.15, -0.1) is 0 Å². The molecule has 1 aromatic rings. The first-order chi connectivity index (χ1) is 9.58. The fourth-order valence-corrected chi connectivity index (χ4v) is 2.39. The molecule has 1 rings (SSSR count). The maximum Gasteiger partial charge on any atom is 0.127 e. The van der Waals surface area contributed by atoms with Gasteiger partial charge in [-0.05, 0) is 51.3 Å². The van der Waals surface area contributed by atoms with E-state index < -0.39 is 0 Å². The molecule has 2 nitrogen and oxygen atoms in total. The van der Waals surface area contributed by atoms with Crippen LogP contribution >= 0.6 is 11.6 Å². The molecule has 0 aromatic heterocycles. The maximum atomic E-state index is 13.9. The molecule has 0 aliphatic heterocycles. The van der Waals surface area contributed by atoms with Gasteiger partial charge in [0.05, 0.1) is 6.10 Å². The van der Waals surface area contributed by atoms with E-state index in [1.165, 1.54) is 6.07 Å². The quantitative estimate of drug-likeness (QED) is 0.738. The Bertz CT molecular complexity index is 380. The summed E-state index contributed by atoms with van der Waals surface area (Å²) in [5.41, 5.74) is 0.604. The van der Waals surface area contributed by atoms with E-state index in [0.717, 1.165) is 25.8 Å². The van der Waals surface area contributed by atoms with Crippen molar-refractivity contribution in [2.75, 3.05) is 13.7 Å². The average molecular weight is 302 g/mol. The van der Waals surface area contributed by atoms with Crippen molar-refractivity contribution in [2.24, 2.45) is 0 Å². The van der Waals surface area contributed by atoms with Crippen LogP contribution in [0, 0.1) is 5.82 Å². The lowest BCUT2D eigenvalue weighted by atomic mass is 9.99. The summed E-state index contributed by atoms with van der Waals surface area (Å²) in [4.78, 5) is 0. The van der Waals surface area contributed by atoms with Crippen LogP contribution in [0.25, 0.3) is 0 Å². The monoisotopic (exact) mass is 301 g/mol. The number of rotatable bonds is 9. The minimum Gasteiger partial charge on any atom is -0.382 e. The highest BCUT2D eigenvalue weighted by Gasteiger charge is 2.15. The first-order valence-electron chi connectivity index (χ1n) is 7.27. The lowest BCUT2D eigenvalue weighted by Gasteiger charge is -2.21. The summed E-state index contributed by atoms with van der Waals surface area (Å²) in [5, 5.41) is 3.98. The smallest absolute Gasteiger partial charge is 0.127 e. The molecule has 1 N–H and O–H groups in total. The molecule has 2 unspecified atom stereocenters. The van der Waals surface area contributed by atoms with Crippen LogP contribution in [0.2, 0.25) is 5.02 Å². The number of ether oxygens (including phenoxy) is 1. The van der Waals surface area contributed by atoms with Gasteiger partial charge in [0.1, 0.15) is 5.82 Å². The number of hydrogen-bond acceptors (Lipinski definition) is 2. The third-order valence-electron chi connectivity index (χ3n) is 3.52. The van der Waals surface area contributed by atoms with Gasteiger partial charge in [-0.1, -0.05) is 24.6 Å². The van der Waals surface area contributed by atoms with Crippen LogP contribution in [0.3, 0.4) is 0 Å². The molecular weight excluding hydrogens is 277 g/mol. The standard InChI is InChI=1S/C16H25ClFNO/c1-4-10-19-13(9-8-12(2)20-3)11-14-15(17)6-5-7-16(14)18/h5-7,12-13,19H,4,8-11H2,1-3H3. The minimum atomic E-state index is -0.222. The van der Waals surface area contributed by atoms with Crippen LogP contribution in [-0.2, 0) is 11.2 Å². The molecule has 0 aliphatic rings. The van der Waals surface area contributed by atoms with E-state index in [-0.39, 0.29) is 18.0 Å². The van der Waals surface area contributed by atoms with E-state index in [9.17, 15) is 4.39 Å². The molecule has 0 aliphatic carbocycles. The molecular formula is C16H25ClFNO. The Balaban J connectivity index is 2.68. The number of methoxy groups -OCH3 is 1. The number of nitrogens with one attached hydrogen (secondary N) is 1. The lowest BCUT2D eigenvalue weighted by Crippen LogP contribution is -2.33. The lowest BCUT2D eigenvalue weighted by molar-refractivity contribution is 0.106. The molecule has 0 spiro atoms. The zero-order valence-electron chi connectivity index (χ0n) is 12.6. The molecule has 2 atom stereocenters. The minimum absolute atomic E-state index is 0.219. The van der Waals surface area contributed by atoms with Crippen molar-refractivity contribution in [2.45, 2.75) is 51.7 Å². The van der Waals surface area contributed by atoms with Crippen molar-refractivity contribution in [3.05, 3.63) is 34.6 Å². The largest absolute Gasteiger partial charge is 0.382 e. The zero-order valence-corrected chi connectivity index (χ0v) is 13.3. The number of halogens is 2. The molecule has 114 valence electrons. The van der Waals surface area contributed by atoms with Crippen molar-refractivity contribution >= 4 is 11.6 Å². The normalized spacial score (nSPS) is 14.2. The summed E-state index contributed by atoms with van der Waals surface area (Å²) < 4.78 is 19.1. The number of benzene rings is 1. The van der Waals surface area contributed by atoms with E-state index in [1.807, 2.05) is 6.92 Å². The third kappa shape index (κ3) is 5.78. The summed E-state index contributed by atoms with van der Waals surface area (Å²) in [6.07, 6.45) is 3.78. The van der Waals surface area contributed by atoms with Crippen LogP contribution in [0.1, 0.15) is 38.7 Å². The van der Waals surface area contributed by atoms with Crippen molar-refractivity contribution in [1.82, 2.24) is 5.32 Å². The summed E-state index contributed by atoms with van der Waals surface area (Å²) in [6, 6.07) is 5.08. The second kappa shape index (κ2) is 9.32. The molecule has 0 heterocycles. The SMILES string of the molecule is CCCNC(CCC(C)OC)Cc1c(F)cccc1Cl. The van der Waals surface area contributed by atoms with Crippen LogP contribution in [-0.4, -0.2) is 25.8 Å². The first-order valence-corrected chi connectivity index (χ1v) is 7.65. The summed E-state index contributed by atoms with van der Waals surface area (Å²) >= 11 is 6.11. The fourth-order valence-electron chi connectivity index (χ4n) is 2.15. The second-order valence-electron chi connectivity index (χ2n) is 5.18. The van der Waals surface area contributed by atoms with Gasteiger partial charge in [0.2, 0.25) is 0 Å². The molecule has 1 aromatic carbocycles. The van der Waals surface area contributed by atoms with Crippen molar-refractivity contribution in [1.29, 1.82) is 0 Å². The Labute approximate surface area is 126 Å². The van der Waals surface area contributed by atoms with Gasteiger partial charge in [0.25, 0.3) is 0 Å². The van der Waals surface area contributed by atoms with Gasteiger partial charge in [0, 0.05) is 23.7 Å². The van der Waals surface area contributed by atoms with Crippen LogP contribution in [0.4, 0.5) is 4.39 Å². The van der Waals surface area contributed by atoms with Gasteiger partial charge in [-0.3, -0.25) is 0 Å². The third-order valence-corrected chi connectivity index (χ3v) is 3.87. The maximum absolute atomic E-state index is 13.9. The van der Waals surface area contributed by atoms with Gasteiger partial charge < -0.3 is 10.1 Å². The van der Waals surface area contributed by atoms with Crippen LogP contribution in [0.5, 0.6) is 0 Å². The Hall–Kier alpha value is -0.640. The van der Waals surface area contributed by atoms with Gasteiger partial charge in [0.15, 0.2) is 0 Å². The van der Waals surface area contributed by atoms with Crippen LogP contribution in [0.15, 0.2) is 18.2 Å². The van der Waals surface area contributed by atoms with Gasteiger partial charge in [-0.2, -0.15) is 0 Å². The van der Waals surface area contributed by atoms with E-state index in [0.29, 0.717) is 17.0 Å². The predicted molar refractivity (Wildman–Crippen MR) is 82.9 cm³/mol. The Kier molecular flexibility index (Phi) is 8.12. The highest BCUT2D eigenvalue weighted by molar-refractivity contribution is 6.31. The van der Waals surface area contributed by atoms with E-state index >= 15 is 0 Å². The molecule has 0 bridgehead atoms. The Morgan fingerprint density at radius 2 is 2.10 bits per heavy atom. The Morgan fingerprint density at radius 3 is 2.70 bits per heavy atom. The van der Waals surface area contributed by atoms with Crippen molar-refractivity contribution in [3.63, 3.8) is 0 Å². The van der Waals surface area contributed by atoms with E-state index in [4.69, 9.17) is 16.3 Å². The van der Waals surface area contributed by atoms with E-state index in [1.54, 1.807) is 19.2 Å². The summed E-state index contributed by atoms with van der Waals surface area (Å²) in [5.74, 6) is -0.222. The first kappa shape index (κ1) is 17.4. The molecule has 0 amide bonds.